The molecule has 0 spiro atoms. The molecule has 2 aromatic carbocycles. The third-order valence-corrected chi connectivity index (χ3v) is 6.60. The lowest BCUT2D eigenvalue weighted by Crippen LogP contribution is -2.44. The van der Waals surface area contributed by atoms with Crippen LogP contribution in [0.1, 0.15) is 36.3 Å². The topological polar surface area (TPSA) is 66.2 Å². The molecule has 5 nitrogen and oxygen atoms in total. The number of piperidine rings is 1. The molecule has 1 aromatic heterocycles. The number of hydrogen-bond donors (Lipinski definition) is 0. The molecular formula is C22H20ClN3O2S. The van der Waals surface area contributed by atoms with E-state index in [2.05, 4.69) is 6.07 Å². The molecule has 2 heterocycles. The minimum atomic E-state index is -0.566. The van der Waals surface area contributed by atoms with Gasteiger partial charge in [0.25, 0.3) is 5.91 Å². The molecule has 1 aliphatic heterocycles. The minimum absolute atomic E-state index is 0.0103. The number of nitriles is 1. The Balaban J connectivity index is 1.35. The first-order valence-corrected chi connectivity index (χ1v) is 10.7. The molecule has 1 atom stereocenters. The molecule has 1 saturated heterocycles. The van der Waals surface area contributed by atoms with E-state index < -0.39 is 6.10 Å². The fourth-order valence-corrected chi connectivity index (χ4v) is 4.84. The van der Waals surface area contributed by atoms with Crippen LogP contribution < -0.4 is 4.74 Å². The number of ether oxygens (including phenoxy) is 1. The van der Waals surface area contributed by atoms with Crippen LogP contribution >= 0.6 is 22.9 Å². The van der Waals surface area contributed by atoms with E-state index in [9.17, 15) is 4.79 Å². The van der Waals surface area contributed by atoms with Crippen molar-refractivity contribution in [1.29, 1.82) is 5.26 Å². The lowest BCUT2D eigenvalue weighted by Gasteiger charge is -2.32. The second-order valence-corrected chi connectivity index (χ2v) is 8.66. The average molecular weight is 426 g/mol. The molecule has 1 fully saturated rings. The molecule has 7 heteroatoms. The fraction of sp³-hybridized carbons (Fsp3) is 0.318. The summed E-state index contributed by atoms with van der Waals surface area (Å²) in [5, 5.41) is 10.7. The molecular weight excluding hydrogens is 406 g/mol. The Hall–Kier alpha value is -2.62. The van der Waals surface area contributed by atoms with Crippen LogP contribution in [0.25, 0.3) is 10.2 Å². The molecule has 0 aliphatic carbocycles. The summed E-state index contributed by atoms with van der Waals surface area (Å²) < 4.78 is 6.91. The molecule has 0 N–H and O–H groups in total. The van der Waals surface area contributed by atoms with Crippen molar-refractivity contribution >= 4 is 39.1 Å². The van der Waals surface area contributed by atoms with Gasteiger partial charge in [-0.15, -0.1) is 11.3 Å². The van der Waals surface area contributed by atoms with Gasteiger partial charge in [-0.2, -0.15) is 5.26 Å². The van der Waals surface area contributed by atoms with Crippen molar-refractivity contribution in [3.8, 4) is 11.8 Å². The van der Waals surface area contributed by atoms with Gasteiger partial charge in [-0.1, -0.05) is 11.6 Å². The summed E-state index contributed by atoms with van der Waals surface area (Å²) in [6.07, 6.45) is 1.22. The van der Waals surface area contributed by atoms with Crippen molar-refractivity contribution in [3.05, 3.63) is 58.1 Å². The maximum absolute atomic E-state index is 12.8. The zero-order valence-electron chi connectivity index (χ0n) is 16.0. The summed E-state index contributed by atoms with van der Waals surface area (Å²) in [6.45, 7) is 3.16. The first-order chi connectivity index (χ1) is 14.0. The molecule has 0 radical (unpaired) electrons. The van der Waals surface area contributed by atoms with Gasteiger partial charge in [0.05, 0.1) is 26.9 Å². The summed E-state index contributed by atoms with van der Waals surface area (Å²) in [5.74, 6) is 0.946. The van der Waals surface area contributed by atoms with Gasteiger partial charge in [-0.25, -0.2) is 4.98 Å². The second-order valence-electron chi connectivity index (χ2n) is 7.16. The number of benzene rings is 2. The number of carbonyl (C=O) groups excluding carboxylic acids is 1. The van der Waals surface area contributed by atoms with Gasteiger partial charge in [0.15, 0.2) is 6.10 Å². The summed E-state index contributed by atoms with van der Waals surface area (Å²) >= 11 is 7.78. The van der Waals surface area contributed by atoms with E-state index in [0.717, 1.165) is 28.1 Å². The number of likely N-dealkylation sites (tertiary alicyclic amines) is 1. The lowest BCUT2D eigenvalue weighted by molar-refractivity contribution is -0.139. The molecule has 0 saturated carbocycles. The van der Waals surface area contributed by atoms with Crippen molar-refractivity contribution in [2.75, 3.05) is 13.1 Å². The third kappa shape index (κ3) is 4.36. The molecule has 148 valence electrons. The van der Waals surface area contributed by atoms with Crippen LogP contribution in [-0.2, 0) is 4.79 Å². The smallest absolute Gasteiger partial charge is 0.263 e. The molecule has 29 heavy (non-hydrogen) atoms. The van der Waals surface area contributed by atoms with Gasteiger partial charge in [0.2, 0.25) is 0 Å². The Labute approximate surface area is 178 Å². The Morgan fingerprint density at radius 1 is 1.28 bits per heavy atom. The predicted octanol–water partition coefficient (Wildman–Crippen LogP) is 4.99. The van der Waals surface area contributed by atoms with Crippen LogP contribution in [0.4, 0.5) is 0 Å². The number of rotatable bonds is 4. The van der Waals surface area contributed by atoms with Gasteiger partial charge in [-0.05, 0) is 62.2 Å². The second kappa shape index (κ2) is 8.40. The number of carbonyl (C=O) groups is 1. The average Bonchev–Trinajstić information content (AvgIpc) is 3.17. The van der Waals surface area contributed by atoms with E-state index in [0.29, 0.717) is 35.3 Å². The van der Waals surface area contributed by atoms with Gasteiger partial charge in [0.1, 0.15) is 5.75 Å². The van der Waals surface area contributed by atoms with Crippen LogP contribution in [0, 0.1) is 11.3 Å². The summed E-state index contributed by atoms with van der Waals surface area (Å²) in [5.41, 5.74) is 1.51. The van der Waals surface area contributed by atoms with E-state index in [4.69, 9.17) is 26.6 Å². The van der Waals surface area contributed by atoms with E-state index >= 15 is 0 Å². The highest BCUT2D eigenvalue weighted by atomic mass is 35.5. The first kappa shape index (κ1) is 19.7. The largest absolute Gasteiger partial charge is 0.481 e. The maximum Gasteiger partial charge on any atom is 0.263 e. The SMILES string of the molecule is CC(Oc1ccc(C#N)cc1)C(=O)N1CCC(c2nc3cc(Cl)ccc3s2)CC1. The number of amides is 1. The zero-order chi connectivity index (χ0) is 20.4. The zero-order valence-corrected chi connectivity index (χ0v) is 17.5. The summed E-state index contributed by atoms with van der Waals surface area (Å²) in [7, 11) is 0. The van der Waals surface area contributed by atoms with Crippen LogP contribution in [0.3, 0.4) is 0 Å². The number of halogens is 1. The van der Waals surface area contributed by atoms with Gasteiger partial charge in [0, 0.05) is 24.0 Å². The van der Waals surface area contributed by atoms with Crippen molar-refractivity contribution in [3.63, 3.8) is 0 Å². The number of hydrogen-bond acceptors (Lipinski definition) is 5. The van der Waals surface area contributed by atoms with E-state index in [1.165, 1.54) is 0 Å². The highest BCUT2D eigenvalue weighted by Crippen LogP contribution is 2.34. The number of aromatic nitrogens is 1. The van der Waals surface area contributed by atoms with E-state index in [-0.39, 0.29) is 5.91 Å². The highest BCUT2D eigenvalue weighted by Gasteiger charge is 2.29. The number of fused-ring (bicyclic) bond motifs is 1. The Kier molecular flexibility index (Phi) is 5.70. The van der Waals surface area contributed by atoms with Crippen LogP contribution in [0.5, 0.6) is 5.75 Å². The Morgan fingerprint density at radius 2 is 2.00 bits per heavy atom. The maximum atomic E-state index is 12.8. The number of thiazole rings is 1. The van der Waals surface area contributed by atoms with Crippen molar-refractivity contribution in [2.45, 2.75) is 31.8 Å². The van der Waals surface area contributed by atoms with Gasteiger partial charge >= 0.3 is 0 Å². The number of nitrogens with zero attached hydrogens (tertiary/aromatic N) is 3. The molecule has 1 aliphatic rings. The Morgan fingerprint density at radius 3 is 2.69 bits per heavy atom. The summed E-state index contributed by atoms with van der Waals surface area (Å²) in [4.78, 5) is 19.4. The summed E-state index contributed by atoms with van der Waals surface area (Å²) in [6, 6.07) is 14.7. The van der Waals surface area contributed by atoms with Crippen molar-refractivity contribution in [2.24, 2.45) is 0 Å². The molecule has 4 rings (SSSR count). The fourth-order valence-electron chi connectivity index (χ4n) is 3.56. The van der Waals surface area contributed by atoms with Crippen LogP contribution in [0.15, 0.2) is 42.5 Å². The third-order valence-electron chi connectivity index (χ3n) is 5.17. The van der Waals surface area contributed by atoms with Gasteiger partial charge in [-0.3, -0.25) is 4.79 Å². The lowest BCUT2D eigenvalue weighted by atomic mass is 9.97. The van der Waals surface area contributed by atoms with Crippen LogP contribution in [0.2, 0.25) is 5.02 Å². The molecule has 1 amide bonds. The molecule has 3 aromatic rings. The normalized spacial score (nSPS) is 15.8. The van der Waals surface area contributed by atoms with Crippen molar-refractivity contribution in [1.82, 2.24) is 9.88 Å². The Bertz CT molecular complexity index is 1070. The molecule has 0 bridgehead atoms. The van der Waals surface area contributed by atoms with Gasteiger partial charge < -0.3 is 9.64 Å². The predicted molar refractivity (Wildman–Crippen MR) is 114 cm³/mol. The standard InChI is InChI=1S/C22H20ClN3O2S/c1-14(28-18-5-2-15(13-24)3-6-18)22(27)26-10-8-16(9-11-26)21-25-19-12-17(23)4-7-20(19)29-21/h2-7,12,14,16H,8-11H2,1H3. The first-order valence-electron chi connectivity index (χ1n) is 9.55. The highest BCUT2D eigenvalue weighted by molar-refractivity contribution is 7.18. The molecule has 1 unspecified atom stereocenters. The monoisotopic (exact) mass is 425 g/mol. The minimum Gasteiger partial charge on any atom is -0.481 e. The van der Waals surface area contributed by atoms with Crippen LogP contribution in [-0.4, -0.2) is 35.0 Å². The van der Waals surface area contributed by atoms with E-state index in [1.807, 2.05) is 23.1 Å². The van der Waals surface area contributed by atoms with E-state index in [1.54, 1.807) is 42.5 Å². The van der Waals surface area contributed by atoms with Crippen molar-refractivity contribution < 1.29 is 9.53 Å². The quantitative estimate of drug-likeness (QED) is 0.590.